The van der Waals surface area contributed by atoms with Crippen LogP contribution in [0.15, 0.2) is 41.7 Å². The zero-order chi connectivity index (χ0) is 13.8. The molecule has 1 heterocycles. The molecule has 108 valence electrons. The summed E-state index contributed by atoms with van der Waals surface area (Å²) in [4.78, 5) is 4.33. The lowest BCUT2D eigenvalue weighted by Gasteiger charge is -2.07. The summed E-state index contributed by atoms with van der Waals surface area (Å²) in [7, 11) is 1.99. The third-order valence-electron chi connectivity index (χ3n) is 2.82. The van der Waals surface area contributed by atoms with Crippen LogP contribution in [0.25, 0.3) is 0 Å². The van der Waals surface area contributed by atoms with Gasteiger partial charge in [0.15, 0.2) is 5.96 Å². The molecule has 20 heavy (non-hydrogen) atoms. The highest BCUT2D eigenvalue weighted by Crippen LogP contribution is 2.13. The first-order valence-corrected chi connectivity index (χ1v) is 6.29. The van der Waals surface area contributed by atoms with Gasteiger partial charge in [-0.1, -0.05) is 6.07 Å². The predicted molar refractivity (Wildman–Crippen MR) is 95.7 cm³/mol. The van der Waals surface area contributed by atoms with Crippen molar-refractivity contribution in [2.75, 3.05) is 5.32 Å². The number of nitrogens with one attached hydrogen (secondary N) is 1. The van der Waals surface area contributed by atoms with Gasteiger partial charge in [-0.05, 0) is 48.7 Å². The molecule has 0 amide bonds. The number of aromatic nitrogens is 1. The monoisotopic (exact) mass is 384 g/mol. The van der Waals surface area contributed by atoms with Crippen molar-refractivity contribution in [3.8, 4) is 0 Å². The quantitative estimate of drug-likeness (QED) is 0.485. The van der Waals surface area contributed by atoms with Crippen LogP contribution in [0.3, 0.4) is 0 Å². The van der Waals surface area contributed by atoms with Gasteiger partial charge in [0.2, 0.25) is 0 Å². The molecule has 0 unspecified atom stereocenters. The SMILES string of the molecule is Cc1cc(C)cc(NC(N)=NCc2ccn(C)c2)c1.I. The standard InChI is InChI=1S/C15H20N4.HI/c1-11-6-12(2)8-14(7-11)18-15(16)17-9-13-4-5-19(3)10-13;/h4-8,10H,9H2,1-3H3,(H3,16,17,18);1H. The van der Waals surface area contributed by atoms with Gasteiger partial charge >= 0.3 is 0 Å². The van der Waals surface area contributed by atoms with Gasteiger partial charge in [-0.15, -0.1) is 24.0 Å². The highest BCUT2D eigenvalue weighted by Gasteiger charge is 1.98. The summed E-state index contributed by atoms with van der Waals surface area (Å²) in [5.74, 6) is 0.439. The maximum Gasteiger partial charge on any atom is 0.193 e. The Kier molecular flexibility index (Phi) is 6.06. The van der Waals surface area contributed by atoms with Crippen LogP contribution in [0.4, 0.5) is 5.69 Å². The minimum atomic E-state index is 0. The minimum absolute atomic E-state index is 0. The maximum atomic E-state index is 5.89. The van der Waals surface area contributed by atoms with Crippen molar-refractivity contribution in [1.29, 1.82) is 0 Å². The highest BCUT2D eigenvalue weighted by atomic mass is 127. The second kappa shape index (κ2) is 7.33. The second-order valence-electron chi connectivity index (χ2n) is 4.89. The van der Waals surface area contributed by atoms with Crippen LogP contribution >= 0.6 is 24.0 Å². The van der Waals surface area contributed by atoms with E-state index in [2.05, 4.69) is 42.4 Å². The van der Waals surface area contributed by atoms with E-state index in [0.29, 0.717) is 12.5 Å². The van der Waals surface area contributed by atoms with Crippen LogP contribution < -0.4 is 11.1 Å². The van der Waals surface area contributed by atoms with Crippen molar-refractivity contribution in [3.63, 3.8) is 0 Å². The molecular weight excluding hydrogens is 363 g/mol. The molecule has 0 fully saturated rings. The lowest BCUT2D eigenvalue weighted by Crippen LogP contribution is -2.22. The lowest BCUT2D eigenvalue weighted by atomic mass is 10.1. The molecule has 0 radical (unpaired) electrons. The molecule has 1 aromatic carbocycles. The Balaban J connectivity index is 0.00000200. The molecule has 0 bridgehead atoms. The van der Waals surface area contributed by atoms with E-state index in [-0.39, 0.29) is 24.0 Å². The average molecular weight is 384 g/mol. The number of rotatable bonds is 3. The molecule has 2 aromatic rings. The summed E-state index contributed by atoms with van der Waals surface area (Å²) in [6.45, 7) is 4.72. The summed E-state index contributed by atoms with van der Waals surface area (Å²) in [6.07, 6.45) is 4.03. The second-order valence-corrected chi connectivity index (χ2v) is 4.89. The molecule has 0 spiro atoms. The van der Waals surface area contributed by atoms with Gasteiger partial charge in [-0.2, -0.15) is 0 Å². The molecule has 0 atom stereocenters. The Morgan fingerprint density at radius 1 is 1.25 bits per heavy atom. The van der Waals surface area contributed by atoms with E-state index in [9.17, 15) is 0 Å². The van der Waals surface area contributed by atoms with Crippen LogP contribution in [0.2, 0.25) is 0 Å². The van der Waals surface area contributed by atoms with Crippen molar-refractivity contribution < 1.29 is 0 Å². The molecule has 3 N–H and O–H groups in total. The van der Waals surface area contributed by atoms with Crippen molar-refractivity contribution in [3.05, 3.63) is 53.3 Å². The molecule has 5 heteroatoms. The number of hydrogen-bond acceptors (Lipinski definition) is 1. The number of aliphatic imine (C=N–C) groups is 1. The van der Waals surface area contributed by atoms with E-state index in [1.54, 1.807) is 0 Å². The number of anilines is 1. The fourth-order valence-electron chi connectivity index (χ4n) is 2.07. The molecule has 0 aliphatic carbocycles. The number of halogens is 1. The average Bonchev–Trinajstić information content (AvgIpc) is 2.71. The highest BCUT2D eigenvalue weighted by molar-refractivity contribution is 14.0. The third kappa shape index (κ3) is 4.88. The molecule has 2 rings (SSSR count). The molecule has 0 aliphatic rings. The van der Waals surface area contributed by atoms with Crippen LogP contribution in [0.5, 0.6) is 0 Å². The van der Waals surface area contributed by atoms with Gasteiger partial charge in [-0.3, -0.25) is 0 Å². The number of benzene rings is 1. The zero-order valence-corrected chi connectivity index (χ0v) is 14.4. The molecule has 4 nitrogen and oxygen atoms in total. The fraction of sp³-hybridized carbons (Fsp3) is 0.267. The van der Waals surface area contributed by atoms with E-state index in [1.807, 2.05) is 30.1 Å². The third-order valence-corrected chi connectivity index (χ3v) is 2.82. The Bertz CT molecular complexity index is 581. The lowest BCUT2D eigenvalue weighted by molar-refractivity contribution is 0.916. The summed E-state index contributed by atoms with van der Waals surface area (Å²) in [6, 6.07) is 8.27. The van der Waals surface area contributed by atoms with Crippen LogP contribution in [-0.2, 0) is 13.6 Å². The first-order chi connectivity index (χ1) is 9.02. The van der Waals surface area contributed by atoms with Gasteiger partial charge < -0.3 is 15.6 Å². The van der Waals surface area contributed by atoms with Crippen LogP contribution in [0, 0.1) is 13.8 Å². The number of aryl methyl sites for hydroxylation is 3. The number of nitrogens with zero attached hydrogens (tertiary/aromatic N) is 2. The van der Waals surface area contributed by atoms with Crippen molar-refractivity contribution >= 4 is 35.6 Å². The van der Waals surface area contributed by atoms with E-state index >= 15 is 0 Å². The smallest absolute Gasteiger partial charge is 0.193 e. The largest absolute Gasteiger partial charge is 0.370 e. The van der Waals surface area contributed by atoms with Crippen molar-refractivity contribution in [1.82, 2.24) is 4.57 Å². The molecule has 1 aromatic heterocycles. The van der Waals surface area contributed by atoms with Crippen LogP contribution in [-0.4, -0.2) is 10.5 Å². The van der Waals surface area contributed by atoms with Gasteiger partial charge in [0.25, 0.3) is 0 Å². The summed E-state index contributed by atoms with van der Waals surface area (Å²) < 4.78 is 2.00. The van der Waals surface area contributed by atoms with E-state index in [1.165, 1.54) is 11.1 Å². The number of hydrogen-bond donors (Lipinski definition) is 2. The summed E-state index contributed by atoms with van der Waals surface area (Å²) in [5.41, 5.74) is 10.4. The first-order valence-electron chi connectivity index (χ1n) is 6.29. The summed E-state index contributed by atoms with van der Waals surface area (Å²) in [5, 5.41) is 3.12. The van der Waals surface area contributed by atoms with Gasteiger partial charge in [-0.25, -0.2) is 4.99 Å². The first kappa shape index (κ1) is 16.6. The van der Waals surface area contributed by atoms with E-state index < -0.39 is 0 Å². The van der Waals surface area contributed by atoms with Gasteiger partial charge in [0.1, 0.15) is 0 Å². The van der Waals surface area contributed by atoms with Gasteiger partial charge in [0.05, 0.1) is 6.54 Å². The minimum Gasteiger partial charge on any atom is -0.370 e. The molecular formula is C15H21IN4. The van der Waals surface area contributed by atoms with Crippen LogP contribution in [0.1, 0.15) is 16.7 Å². The van der Waals surface area contributed by atoms with Crippen molar-refractivity contribution in [2.45, 2.75) is 20.4 Å². The Morgan fingerprint density at radius 2 is 1.90 bits per heavy atom. The normalized spacial score (nSPS) is 11.1. The Labute approximate surface area is 137 Å². The topological polar surface area (TPSA) is 55.3 Å². The molecule has 0 aliphatic heterocycles. The zero-order valence-electron chi connectivity index (χ0n) is 12.1. The van der Waals surface area contributed by atoms with E-state index in [0.717, 1.165) is 11.3 Å². The Morgan fingerprint density at radius 3 is 2.45 bits per heavy atom. The van der Waals surface area contributed by atoms with Crippen molar-refractivity contribution in [2.24, 2.45) is 17.8 Å². The maximum absolute atomic E-state index is 5.89. The number of guanidine groups is 1. The Hall–Kier alpha value is -1.50. The fourth-order valence-corrected chi connectivity index (χ4v) is 2.07. The number of nitrogens with two attached hydrogens (primary N) is 1. The molecule has 0 saturated heterocycles. The predicted octanol–water partition coefficient (Wildman–Crippen LogP) is 3.19. The van der Waals surface area contributed by atoms with Gasteiger partial charge in [0, 0.05) is 25.1 Å². The summed E-state index contributed by atoms with van der Waals surface area (Å²) >= 11 is 0. The molecule has 0 saturated carbocycles. The van der Waals surface area contributed by atoms with E-state index in [4.69, 9.17) is 5.73 Å².